The maximum Gasteiger partial charge on any atom is 0.311 e. The number of anilines is 1. The van der Waals surface area contributed by atoms with Gasteiger partial charge in [-0.2, -0.15) is 0 Å². The molecular weight excluding hydrogens is 536 g/mol. The molecule has 3 aliphatic heterocycles. The summed E-state index contributed by atoms with van der Waals surface area (Å²) in [6.45, 7) is 15.4. The summed E-state index contributed by atoms with van der Waals surface area (Å²) in [6, 6.07) is 4.01. The van der Waals surface area contributed by atoms with Gasteiger partial charge < -0.3 is 19.6 Å². The number of carbonyl (C=O) groups is 3. The summed E-state index contributed by atoms with van der Waals surface area (Å²) in [5.41, 5.74) is 1.40. The van der Waals surface area contributed by atoms with Crippen molar-refractivity contribution in [3.8, 4) is 0 Å². The van der Waals surface area contributed by atoms with Crippen LogP contribution in [-0.4, -0.2) is 69.1 Å². The number of likely N-dealkylation sites (tertiary alicyclic amines) is 1. The number of amides is 2. The first-order chi connectivity index (χ1) is 18.5. The van der Waals surface area contributed by atoms with Crippen molar-refractivity contribution in [3.05, 3.63) is 54.1 Å². The first-order valence-corrected chi connectivity index (χ1v) is 14.7. The number of aryl methyl sites for hydroxylation is 1. The van der Waals surface area contributed by atoms with Crippen LogP contribution < -0.4 is 4.90 Å². The summed E-state index contributed by atoms with van der Waals surface area (Å²) >= 11 is 8.21. The Morgan fingerprint density at radius 1 is 1.31 bits per heavy atom. The van der Waals surface area contributed by atoms with Gasteiger partial charge in [0.05, 0.1) is 39.9 Å². The number of ether oxygens (including phenoxy) is 1. The highest BCUT2D eigenvalue weighted by molar-refractivity contribution is 8.02. The maximum absolute atomic E-state index is 14.8. The molecule has 6 atom stereocenters. The van der Waals surface area contributed by atoms with Crippen molar-refractivity contribution in [2.45, 2.75) is 68.5 Å². The molecule has 1 N–H and O–H groups in total. The van der Waals surface area contributed by atoms with Crippen molar-refractivity contribution < 1.29 is 24.2 Å². The SMILES string of the molecule is C=CCOC(=O)[C@@H]1[C@H]2C(=O)N([C@@H](CO)CC(C)C)C(C(=O)N(CC=C)c3c(C)cccc3Cl)C23CC[C@@]1(C)S3. The fraction of sp³-hybridized carbons (Fsp3) is 0.567. The number of fused-ring (bicyclic) bond motifs is 1. The summed E-state index contributed by atoms with van der Waals surface area (Å²) < 4.78 is 4.12. The standard InChI is InChI=1S/C30H39ClN2O5S/c1-7-14-32(24-19(5)10-9-11-21(24)31)27(36)25-30-13-12-29(6,39-30)23(28(37)38-15-8-2)22(30)26(35)33(25)20(17-34)16-18(3)4/h7-11,18,20,22-23,25,34H,1-2,12-17H2,3-6H3/t20-,22+,23+,25?,29-,30?/m1/s1. The highest BCUT2D eigenvalue weighted by Gasteiger charge is 2.78. The fourth-order valence-corrected chi connectivity index (χ4v) is 9.63. The fourth-order valence-electron chi connectivity index (χ4n) is 6.98. The van der Waals surface area contributed by atoms with Crippen molar-refractivity contribution in [2.75, 3.05) is 24.7 Å². The molecule has 7 nitrogen and oxygen atoms in total. The molecule has 9 heteroatoms. The summed E-state index contributed by atoms with van der Waals surface area (Å²) in [6.07, 6.45) is 4.95. The Labute approximate surface area is 240 Å². The van der Waals surface area contributed by atoms with Crippen LogP contribution in [0.1, 0.15) is 45.6 Å². The number of hydrogen-bond acceptors (Lipinski definition) is 6. The molecule has 1 aromatic rings. The van der Waals surface area contributed by atoms with E-state index in [0.29, 0.717) is 30.0 Å². The molecule has 0 aromatic heterocycles. The smallest absolute Gasteiger partial charge is 0.311 e. The van der Waals surface area contributed by atoms with Crippen molar-refractivity contribution in [2.24, 2.45) is 17.8 Å². The summed E-state index contributed by atoms with van der Waals surface area (Å²) in [7, 11) is 0. The Kier molecular flexibility index (Phi) is 8.60. The van der Waals surface area contributed by atoms with Gasteiger partial charge in [0.25, 0.3) is 5.91 Å². The van der Waals surface area contributed by atoms with Crippen LogP contribution in [0.15, 0.2) is 43.5 Å². The Bertz CT molecular complexity index is 1150. The molecule has 0 radical (unpaired) electrons. The molecule has 1 aromatic carbocycles. The second-order valence-corrected chi connectivity index (χ2v) is 13.8. The topological polar surface area (TPSA) is 87.1 Å². The van der Waals surface area contributed by atoms with Crippen LogP contribution in [-0.2, 0) is 19.1 Å². The van der Waals surface area contributed by atoms with E-state index in [2.05, 4.69) is 13.2 Å². The molecule has 0 saturated carbocycles. The number of thioether (sulfide) groups is 1. The Hall–Kier alpha value is -2.29. The molecule has 3 saturated heterocycles. The van der Waals surface area contributed by atoms with Crippen LogP contribution in [0.2, 0.25) is 5.02 Å². The Morgan fingerprint density at radius 3 is 2.62 bits per heavy atom. The van der Waals surface area contributed by atoms with Gasteiger partial charge >= 0.3 is 5.97 Å². The number of carbonyl (C=O) groups excluding carboxylic acids is 3. The minimum atomic E-state index is -0.884. The predicted molar refractivity (Wildman–Crippen MR) is 156 cm³/mol. The Morgan fingerprint density at radius 2 is 2.03 bits per heavy atom. The van der Waals surface area contributed by atoms with Crippen molar-refractivity contribution in [1.82, 2.24) is 4.90 Å². The number of para-hydroxylation sites is 1. The van der Waals surface area contributed by atoms with E-state index in [4.69, 9.17) is 16.3 Å². The second-order valence-electron chi connectivity index (χ2n) is 11.5. The number of aliphatic hydroxyl groups is 1. The van der Waals surface area contributed by atoms with Crippen molar-refractivity contribution >= 4 is 46.8 Å². The first kappa shape index (κ1) is 29.7. The van der Waals surface area contributed by atoms with E-state index in [9.17, 15) is 19.5 Å². The lowest BCUT2D eigenvalue weighted by Crippen LogP contribution is -2.58. The number of aliphatic hydroxyl groups excluding tert-OH is 1. The van der Waals surface area contributed by atoms with Gasteiger partial charge in [-0.25, -0.2) is 0 Å². The average molecular weight is 575 g/mol. The quantitative estimate of drug-likeness (QED) is 0.302. The minimum absolute atomic E-state index is 0.0571. The highest BCUT2D eigenvalue weighted by Crippen LogP contribution is 2.72. The zero-order valence-corrected chi connectivity index (χ0v) is 24.8. The van der Waals surface area contributed by atoms with Crippen LogP contribution in [0.4, 0.5) is 5.69 Å². The molecule has 2 amide bonds. The monoisotopic (exact) mass is 574 g/mol. The predicted octanol–water partition coefficient (Wildman–Crippen LogP) is 4.78. The number of halogens is 1. The lowest BCUT2D eigenvalue weighted by Gasteiger charge is -2.40. The number of rotatable bonds is 11. The number of benzene rings is 1. The summed E-state index contributed by atoms with van der Waals surface area (Å²) in [4.78, 5) is 45.8. The van der Waals surface area contributed by atoms with Crippen LogP contribution in [0.5, 0.6) is 0 Å². The summed E-state index contributed by atoms with van der Waals surface area (Å²) in [5, 5.41) is 10.9. The van der Waals surface area contributed by atoms with E-state index in [-0.39, 0.29) is 37.5 Å². The molecule has 3 heterocycles. The van der Waals surface area contributed by atoms with Gasteiger partial charge in [0.1, 0.15) is 12.6 Å². The number of esters is 1. The third kappa shape index (κ3) is 4.82. The van der Waals surface area contributed by atoms with Crippen LogP contribution in [0, 0.1) is 24.7 Å². The molecule has 2 bridgehead atoms. The van der Waals surface area contributed by atoms with Gasteiger partial charge in [-0.3, -0.25) is 14.4 Å². The molecule has 39 heavy (non-hydrogen) atoms. The molecule has 1 spiro atoms. The molecule has 3 aliphatic rings. The zero-order valence-electron chi connectivity index (χ0n) is 23.2. The largest absolute Gasteiger partial charge is 0.461 e. The first-order valence-electron chi connectivity index (χ1n) is 13.6. The van der Waals surface area contributed by atoms with Gasteiger partial charge in [-0.1, -0.05) is 56.3 Å². The molecular formula is C30H39ClN2O5S. The van der Waals surface area contributed by atoms with Gasteiger partial charge in [0.15, 0.2) is 0 Å². The van der Waals surface area contributed by atoms with Gasteiger partial charge in [-0.15, -0.1) is 18.3 Å². The van der Waals surface area contributed by atoms with E-state index in [1.54, 1.807) is 33.7 Å². The van der Waals surface area contributed by atoms with E-state index in [1.807, 2.05) is 39.8 Å². The second kappa shape index (κ2) is 11.3. The molecule has 3 fully saturated rings. The lowest BCUT2D eigenvalue weighted by atomic mass is 9.66. The van der Waals surface area contributed by atoms with Crippen LogP contribution in [0.25, 0.3) is 0 Å². The molecule has 2 unspecified atom stereocenters. The van der Waals surface area contributed by atoms with E-state index in [0.717, 1.165) is 5.56 Å². The van der Waals surface area contributed by atoms with Gasteiger partial charge in [0.2, 0.25) is 5.91 Å². The van der Waals surface area contributed by atoms with Crippen molar-refractivity contribution in [3.63, 3.8) is 0 Å². The number of nitrogens with zero attached hydrogens (tertiary/aromatic N) is 2. The lowest BCUT2D eigenvalue weighted by molar-refractivity contribution is -0.155. The Balaban J connectivity index is 1.88. The molecule has 212 valence electrons. The average Bonchev–Trinajstić information content (AvgIpc) is 3.45. The summed E-state index contributed by atoms with van der Waals surface area (Å²) in [5.74, 6) is -2.23. The minimum Gasteiger partial charge on any atom is -0.461 e. The van der Waals surface area contributed by atoms with Gasteiger partial charge in [0, 0.05) is 11.3 Å². The van der Waals surface area contributed by atoms with E-state index < -0.39 is 39.4 Å². The van der Waals surface area contributed by atoms with Gasteiger partial charge in [-0.05, 0) is 50.7 Å². The van der Waals surface area contributed by atoms with E-state index >= 15 is 0 Å². The van der Waals surface area contributed by atoms with Crippen LogP contribution >= 0.6 is 23.4 Å². The third-order valence-corrected chi connectivity index (χ3v) is 10.7. The number of hydrogen-bond donors (Lipinski definition) is 1. The van der Waals surface area contributed by atoms with Crippen LogP contribution in [0.3, 0.4) is 0 Å². The molecule has 4 rings (SSSR count). The maximum atomic E-state index is 14.8. The normalized spacial score (nSPS) is 29.9. The van der Waals surface area contributed by atoms with Crippen molar-refractivity contribution in [1.29, 1.82) is 0 Å². The highest BCUT2D eigenvalue weighted by atomic mass is 35.5. The molecule has 0 aliphatic carbocycles. The van der Waals surface area contributed by atoms with E-state index in [1.165, 1.54) is 6.08 Å². The third-order valence-electron chi connectivity index (χ3n) is 8.43. The zero-order chi connectivity index (χ0) is 28.7.